The molecule has 0 radical (unpaired) electrons. The average Bonchev–Trinajstić information content (AvgIpc) is 2.84. The third-order valence-corrected chi connectivity index (χ3v) is 8.14. The summed E-state index contributed by atoms with van der Waals surface area (Å²) in [7, 11) is -3.88. The Labute approximate surface area is 223 Å². The molecule has 3 rings (SSSR count). The van der Waals surface area contributed by atoms with E-state index >= 15 is 0 Å². The molecule has 0 spiro atoms. The van der Waals surface area contributed by atoms with Gasteiger partial charge in [0.2, 0.25) is 21.8 Å². The first-order valence-corrected chi connectivity index (χ1v) is 14.7. The lowest BCUT2D eigenvalue weighted by Crippen LogP contribution is -2.53. The maximum absolute atomic E-state index is 13.6. The van der Waals surface area contributed by atoms with Gasteiger partial charge in [-0.1, -0.05) is 72.8 Å². The van der Waals surface area contributed by atoms with Gasteiger partial charge in [0, 0.05) is 17.6 Å². The fraction of sp³-hybridized carbons (Fsp3) is 0.462. The molecule has 0 unspecified atom stereocenters. The van der Waals surface area contributed by atoms with Crippen molar-refractivity contribution in [2.45, 2.75) is 57.5 Å². The van der Waals surface area contributed by atoms with Crippen LogP contribution in [-0.2, 0) is 26.0 Å². The second-order valence-corrected chi connectivity index (χ2v) is 12.0. The maximum Gasteiger partial charge on any atom is 0.244 e. The SMILES string of the molecule is C[C@H](C(=O)NC1CCCCC1)N(CCc1ccccc1)C(=O)CN(c1cc(Cl)ccc1Cl)S(C)(=O)=O. The van der Waals surface area contributed by atoms with Crippen LogP contribution in [0, 0.1) is 0 Å². The molecule has 0 saturated heterocycles. The van der Waals surface area contributed by atoms with Gasteiger partial charge in [-0.2, -0.15) is 0 Å². The lowest BCUT2D eigenvalue weighted by molar-refractivity contribution is -0.139. The molecule has 0 heterocycles. The summed E-state index contributed by atoms with van der Waals surface area (Å²) in [5.74, 6) is -0.742. The fourth-order valence-electron chi connectivity index (χ4n) is 4.41. The number of sulfonamides is 1. The molecule has 0 aliphatic heterocycles. The van der Waals surface area contributed by atoms with Gasteiger partial charge < -0.3 is 10.2 Å². The van der Waals surface area contributed by atoms with Gasteiger partial charge >= 0.3 is 0 Å². The van der Waals surface area contributed by atoms with E-state index in [0.29, 0.717) is 6.42 Å². The van der Waals surface area contributed by atoms with Gasteiger partial charge in [0.15, 0.2) is 0 Å². The van der Waals surface area contributed by atoms with Crippen molar-refractivity contribution in [1.82, 2.24) is 10.2 Å². The summed E-state index contributed by atoms with van der Waals surface area (Å²) in [6.45, 7) is 1.43. The van der Waals surface area contributed by atoms with Crippen molar-refractivity contribution in [3.8, 4) is 0 Å². The first-order chi connectivity index (χ1) is 17.1. The van der Waals surface area contributed by atoms with Crippen LogP contribution in [0.3, 0.4) is 0 Å². The summed E-state index contributed by atoms with van der Waals surface area (Å²) in [6.07, 6.45) is 6.67. The zero-order valence-corrected chi connectivity index (χ0v) is 23.0. The molecule has 196 valence electrons. The Bertz CT molecular complexity index is 1160. The summed E-state index contributed by atoms with van der Waals surface area (Å²) in [6, 6.07) is 13.4. The highest BCUT2D eigenvalue weighted by Crippen LogP contribution is 2.30. The van der Waals surface area contributed by atoms with Crippen LogP contribution >= 0.6 is 23.2 Å². The number of hydrogen-bond acceptors (Lipinski definition) is 4. The van der Waals surface area contributed by atoms with Crippen molar-refractivity contribution in [3.63, 3.8) is 0 Å². The zero-order chi connectivity index (χ0) is 26.3. The van der Waals surface area contributed by atoms with E-state index in [9.17, 15) is 18.0 Å². The number of carbonyl (C=O) groups is 2. The molecule has 0 bridgehead atoms. The topological polar surface area (TPSA) is 86.8 Å². The van der Waals surface area contributed by atoms with Gasteiger partial charge in [0.25, 0.3) is 0 Å². The number of hydrogen-bond donors (Lipinski definition) is 1. The molecule has 1 fully saturated rings. The van der Waals surface area contributed by atoms with Crippen molar-refractivity contribution in [2.24, 2.45) is 0 Å². The summed E-state index contributed by atoms with van der Waals surface area (Å²) < 4.78 is 26.3. The largest absolute Gasteiger partial charge is 0.352 e. The van der Waals surface area contributed by atoms with E-state index in [1.165, 1.54) is 17.0 Å². The number of amides is 2. The third kappa shape index (κ3) is 7.85. The van der Waals surface area contributed by atoms with Crippen LogP contribution in [0.4, 0.5) is 5.69 Å². The first kappa shape index (κ1) is 28.3. The Morgan fingerprint density at radius 1 is 1.06 bits per heavy atom. The van der Waals surface area contributed by atoms with E-state index in [1.807, 2.05) is 30.3 Å². The van der Waals surface area contributed by atoms with Gasteiger partial charge in [-0.25, -0.2) is 8.42 Å². The van der Waals surface area contributed by atoms with Crippen LogP contribution < -0.4 is 9.62 Å². The van der Waals surface area contributed by atoms with Gasteiger partial charge in [-0.3, -0.25) is 13.9 Å². The number of halogens is 2. The van der Waals surface area contributed by atoms with Crippen molar-refractivity contribution < 1.29 is 18.0 Å². The molecule has 1 aliphatic rings. The third-order valence-electron chi connectivity index (χ3n) is 6.46. The highest BCUT2D eigenvalue weighted by atomic mass is 35.5. The summed E-state index contributed by atoms with van der Waals surface area (Å²) in [4.78, 5) is 28.2. The predicted octanol–water partition coefficient (Wildman–Crippen LogP) is 4.67. The van der Waals surface area contributed by atoms with Gasteiger partial charge in [-0.05, 0) is 49.9 Å². The Kier molecular flexibility index (Phi) is 10.0. The second kappa shape index (κ2) is 12.8. The second-order valence-electron chi connectivity index (χ2n) is 9.21. The highest BCUT2D eigenvalue weighted by molar-refractivity contribution is 7.92. The molecule has 1 N–H and O–H groups in total. The maximum atomic E-state index is 13.6. The van der Waals surface area contributed by atoms with Gasteiger partial charge in [0.1, 0.15) is 12.6 Å². The minimum Gasteiger partial charge on any atom is -0.352 e. The van der Waals surface area contributed by atoms with Crippen LogP contribution in [0.2, 0.25) is 10.0 Å². The predicted molar refractivity (Wildman–Crippen MR) is 145 cm³/mol. The lowest BCUT2D eigenvalue weighted by Gasteiger charge is -2.33. The number of benzene rings is 2. The van der Waals surface area contributed by atoms with Crippen molar-refractivity contribution >= 4 is 50.7 Å². The molecule has 10 heteroatoms. The Morgan fingerprint density at radius 3 is 2.36 bits per heavy atom. The van der Waals surface area contributed by atoms with Crippen molar-refractivity contribution in [3.05, 3.63) is 64.1 Å². The van der Waals surface area contributed by atoms with Crippen LogP contribution in [0.25, 0.3) is 0 Å². The Balaban J connectivity index is 1.84. The number of rotatable bonds is 10. The molecule has 1 saturated carbocycles. The molecule has 7 nitrogen and oxygen atoms in total. The van der Waals surface area contributed by atoms with Crippen molar-refractivity contribution in [1.29, 1.82) is 0 Å². The van der Waals surface area contributed by atoms with Crippen LogP contribution in [-0.4, -0.2) is 56.6 Å². The normalized spacial score (nSPS) is 15.2. The molecule has 2 aromatic rings. The fourth-order valence-corrected chi connectivity index (χ4v) is 5.70. The molecule has 1 aliphatic carbocycles. The van der Waals surface area contributed by atoms with E-state index in [-0.39, 0.29) is 34.2 Å². The number of nitrogens with one attached hydrogen (secondary N) is 1. The number of carbonyl (C=O) groups excluding carboxylic acids is 2. The number of nitrogens with zero attached hydrogens (tertiary/aromatic N) is 2. The molecule has 2 aromatic carbocycles. The summed E-state index contributed by atoms with van der Waals surface area (Å²) >= 11 is 12.4. The minimum absolute atomic E-state index is 0.0950. The molecular formula is C26H33Cl2N3O4S. The van der Waals surface area contributed by atoms with Crippen LogP contribution in [0.1, 0.15) is 44.6 Å². The molecule has 1 atom stereocenters. The van der Waals surface area contributed by atoms with E-state index < -0.39 is 28.5 Å². The van der Waals surface area contributed by atoms with E-state index in [4.69, 9.17) is 23.2 Å². The Hall–Kier alpha value is -2.29. The van der Waals surface area contributed by atoms with E-state index in [0.717, 1.165) is 48.2 Å². The van der Waals surface area contributed by atoms with E-state index in [1.54, 1.807) is 13.0 Å². The molecule has 2 amide bonds. The number of anilines is 1. The molecule has 0 aromatic heterocycles. The zero-order valence-electron chi connectivity index (χ0n) is 20.6. The highest BCUT2D eigenvalue weighted by Gasteiger charge is 2.31. The van der Waals surface area contributed by atoms with Crippen LogP contribution in [0.15, 0.2) is 48.5 Å². The summed E-state index contributed by atoms with van der Waals surface area (Å²) in [5, 5.41) is 3.52. The Morgan fingerprint density at radius 2 is 1.72 bits per heavy atom. The molecular weight excluding hydrogens is 521 g/mol. The summed E-state index contributed by atoms with van der Waals surface area (Å²) in [5.41, 5.74) is 1.12. The van der Waals surface area contributed by atoms with E-state index in [2.05, 4.69) is 5.32 Å². The standard InChI is InChI=1S/C26H33Cl2N3O4S/c1-19(26(33)29-22-11-7-4-8-12-22)30(16-15-20-9-5-3-6-10-20)25(32)18-31(36(2,34)35)24-17-21(27)13-14-23(24)28/h3,5-6,9-10,13-14,17,19,22H,4,7-8,11-12,15-16,18H2,1-2H3,(H,29,33)/t19-/m1/s1. The van der Waals surface area contributed by atoms with Gasteiger partial charge in [0.05, 0.1) is 17.0 Å². The smallest absolute Gasteiger partial charge is 0.244 e. The quantitative estimate of drug-likeness (QED) is 0.463. The first-order valence-electron chi connectivity index (χ1n) is 12.1. The van der Waals surface area contributed by atoms with Gasteiger partial charge in [-0.15, -0.1) is 0 Å². The average molecular weight is 555 g/mol. The lowest BCUT2D eigenvalue weighted by atomic mass is 9.95. The monoisotopic (exact) mass is 553 g/mol. The van der Waals surface area contributed by atoms with Crippen molar-refractivity contribution in [2.75, 3.05) is 23.7 Å². The molecule has 36 heavy (non-hydrogen) atoms. The minimum atomic E-state index is -3.88. The van der Waals surface area contributed by atoms with Crippen LogP contribution in [0.5, 0.6) is 0 Å².